The van der Waals surface area contributed by atoms with E-state index < -0.39 is 29.4 Å². The molecule has 1 saturated heterocycles. The van der Waals surface area contributed by atoms with Crippen molar-refractivity contribution < 1.29 is 35.9 Å². The van der Waals surface area contributed by atoms with Gasteiger partial charge in [0.25, 0.3) is 11.1 Å². The maximum Gasteiger partial charge on any atom is 0.416 e. The summed E-state index contributed by atoms with van der Waals surface area (Å²) in [5, 5.41) is 0.295. The Balaban J connectivity index is 1.60. The molecule has 12 heteroatoms. The lowest BCUT2D eigenvalue weighted by molar-refractivity contribution is -0.143. The summed E-state index contributed by atoms with van der Waals surface area (Å²) >= 11 is 0.836. The van der Waals surface area contributed by atoms with Crippen LogP contribution in [0.25, 0.3) is 17.0 Å². The van der Waals surface area contributed by atoms with Gasteiger partial charge in [-0.15, -0.1) is 0 Å². The highest BCUT2D eigenvalue weighted by Crippen LogP contribution is 2.38. The van der Waals surface area contributed by atoms with Crippen LogP contribution in [0.1, 0.15) is 22.3 Å². The number of carbonyl (C=O) groups is 2. The number of aromatic nitrogens is 1. The zero-order chi connectivity index (χ0) is 27.1. The molecular formula is C25H21F6N3O2S. The predicted octanol–water partition coefficient (Wildman–Crippen LogP) is 6.33. The second-order valence-corrected chi connectivity index (χ2v) is 9.76. The third-order valence-corrected chi connectivity index (χ3v) is 6.73. The molecule has 196 valence electrons. The molecule has 0 radical (unpaired) electrons. The average Bonchev–Trinajstić information content (AvgIpc) is 3.30. The Morgan fingerprint density at radius 3 is 2.32 bits per heavy atom. The van der Waals surface area contributed by atoms with E-state index in [2.05, 4.69) is 0 Å². The fourth-order valence-electron chi connectivity index (χ4n) is 3.93. The number of rotatable bonds is 6. The standard InChI is InChI=1S/C25H21F6N3O2S/c1-32(2)9-10-34-22(35)21(37-23(34)36)12-15-3-6-20-16(11-15)7-8-33(20)14-17-4-5-18(24(26,27)28)13-19(17)25(29,30)31/h3-8,11-13H,9-10,14H2,1-2H3/b21-12-. The predicted molar refractivity (Wildman–Crippen MR) is 129 cm³/mol. The highest BCUT2D eigenvalue weighted by molar-refractivity contribution is 8.18. The lowest BCUT2D eigenvalue weighted by Crippen LogP contribution is -2.34. The summed E-state index contributed by atoms with van der Waals surface area (Å²) in [5.74, 6) is -0.392. The Kier molecular flexibility index (Phi) is 7.17. The number of hydrogen-bond acceptors (Lipinski definition) is 4. The molecule has 0 aliphatic carbocycles. The molecule has 2 aromatic carbocycles. The number of amides is 2. The fraction of sp³-hybridized carbons (Fsp3) is 0.280. The minimum atomic E-state index is -4.96. The van der Waals surface area contributed by atoms with Crippen molar-refractivity contribution in [3.05, 3.63) is 75.8 Å². The van der Waals surface area contributed by atoms with Crippen molar-refractivity contribution in [2.75, 3.05) is 27.2 Å². The van der Waals surface area contributed by atoms with Gasteiger partial charge in [0.15, 0.2) is 0 Å². The summed E-state index contributed by atoms with van der Waals surface area (Å²) in [4.78, 5) is 28.2. The molecule has 1 aliphatic rings. The molecule has 4 rings (SSSR count). The molecule has 1 aliphatic heterocycles. The number of thioether (sulfide) groups is 1. The van der Waals surface area contributed by atoms with Crippen LogP contribution in [0, 0.1) is 0 Å². The normalized spacial score (nSPS) is 16.1. The summed E-state index contributed by atoms with van der Waals surface area (Å²) in [6, 6.07) is 8.30. The van der Waals surface area contributed by atoms with E-state index in [9.17, 15) is 35.9 Å². The number of benzene rings is 2. The molecule has 37 heavy (non-hydrogen) atoms. The van der Waals surface area contributed by atoms with Crippen LogP contribution in [0.5, 0.6) is 0 Å². The van der Waals surface area contributed by atoms with E-state index in [0.29, 0.717) is 29.1 Å². The van der Waals surface area contributed by atoms with Gasteiger partial charge >= 0.3 is 12.4 Å². The number of imide groups is 1. The number of fused-ring (bicyclic) bond motifs is 1. The summed E-state index contributed by atoms with van der Waals surface area (Å²) in [6.07, 6.45) is -6.73. The van der Waals surface area contributed by atoms with E-state index in [4.69, 9.17) is 0 Å². The minimum Gasteiger partial charge on any atom is -0.343 e. The summed E-state index contributed by atoms with van der Waals surface area (Å²) in [5.41, 5.74) is -1.82. The minimum absolute atomic E-state index is 0.130. The van der Waals surface area contributed by atoms with Gasteiger partial charge in [0.1, 0.15) is 0 Å². The highest BCUT2D eigenvalue weighted by Gasteiger charge is 2.38. The van der Waals surface area contributed by atoms with E-state index in [1.807, 2.05) is 19.0 Å². The molecule has 0 N–H and O–H groups in total. The van der Waals surface area contributed by atoms with Gasteiger partial charge in [-0.25, -0.2) is 0 Å². The van der Waals surface area contributed by atoms with Crippen molar-refractivity contribution >= 4 is 39.9 Å². The SMILES string of the molecule is CN(C)CCN1C(=O)S/C(=C\c2ccc3c(ccn3Cc3ccc(C(F)(F)F)cc3C(F)(F)F)c2)C1=O. The van der Waals surface area contributed by atoms with Crippen molar-refractivity contribution in [3.63, 3.8) is 0 Å². The molecular weight excluding hydrogens is 520 g/mol. The van der Waals surface area contributed by atoms with Gasteiger partial charge in [-0.2, -0.15) is 26.3 Å². The number of alkyl halides is 6. The van der Waals surface area contributed by atoms with E-state index >= 15 is 0 Å². The van der Waals surface area contributed by atoms with E-state index in [-0.39, 0.29) is 34.9 Å². The Morgan fingerprint density at radius 2 is 1.68 bits per heavy atom. The Bertz CT molecular complexity index is 1390. The van der Waals surface area contributed by atoms with Crippen molar-refractivity contribution in [2.24, 2.45) is 0 Å². The first kappa shape index (κ1) is 26.8. The molecule has 2 amide bonds. The molecule has 5 nitrogen and oxygen atoms in total. The Morgan fingerprint density at radius 1 is 0.946 bits per heavy atom. The van der Waals surface area contributed by atoms with Gasteiger partial charge < -0.3 is 9.47 Å². The van der Waals surface area contributed by atoms with Gasteiger partial charge in [-0.3, -0.25) is 14.5 Å². The first-order chi connectivity index (χ1) is 17.2. The molecule has 0 atom stereocenters. The van der Waals surface area contributed by atoms with Crippen molar-refractivity contribution in [2.45, 2.75) is 18.9 Å². The monoisotopic (exact) mass is 541 g/mol. The Labute approximate surface area is 212 Å². The van der Waals surface area contributed by atoms with E-state index in [1.54, 1.807) is 36.5 Å². The molecule has 1 aromatic heterocycles. The smallest absolute Gasteiger partial charge is 0.343 e. The maximum absolute atomic E-state index is 13.5. The van der Waals surface area contributed by atoms with Crippen molar-refractivity contribution in [1.82, 2.24) is 14.4 Å². The molecule has 0 saturated carbocycles. The summed E-state index contributed by atoms with van der Waals surface area (Å²) in [7, 11) is 3.66. The van der Waals surface area contributed by atoms with Gasteiger partial charge in [-0.1, -0.05) is 12.1 Å². The zero-order valence-corrected chi connectivity index (χ0v) is 20.5. The quantitative estimate of drug-likeness (QED) is 0.271. The second-order valence-electron chi connectivity index (χ2n) is 8.77. The molecule has 2 heterocycles. The zero-order valence-electron chi connectivity index (χ0n) is 19.7. The van der Waals surface area contributed by atoms with Gasteiger partial charge in [0.05, 0.1) is 16.0 Å². The lowest BCUT2D eigenvalue weighted by Gasteiger charge is -2.17. The van der Waals surface area contributed by atoms with E-state index in [1.165, 1.54) is 9.47 Å². The highest BCUT2D eigenvalue weighted by atomic mass is 32.2. The van der Waals surface area contributed by atoms with Crippen LogP contribution >= 0.6 is 11.8 Å². The number of hydrogen-bond donors (Lipinski definition) is 0. The van der Waals surface area contributed by atoms with Crippen molar-refractivity contribution in [3.8, 4) is 0 Å². The van der Waals surface area contributed by atoms with Crippen LogP contribution in [0.3, 0.4) is 0 Å². The average molecular weight is 542 g/mol. The van der Waals surface area contributed by atoms with Crippen LogP contribution in [-0.4, -0.2) is 52.7 Å². The fourth-order valence-corrected chi connectivity index (χ4v) is 4.79. The van der Waals surface area contributed by atoms with Crippen LogP contribution in [-0.2, 0) is 23.7 Å². The summed E-state index contributed by atoms with van der Waals surface area (Å²) < 4.78 is 81.0. The molecule has 3 aromatic rings. The third kappa shape index (κ3) is 5.85. The maximum atomic E-state index is 13.5. The molecule has 0 bridgehead atoms. The Hall–Kier alpha value is -3.25. The number of nitrogens with zero attached hydrogens (tertiary/aromatic N) is 3. The van der Waals surface area contributed by atoms with E-state index in [0.717, 1.165) is 17.8 Å². The van der Waals surface area contributed by atoms with Crippen LogP contribution in [0.2, 0.25) is 0 Å². The topological polar surface area (TPSA) is 45.5 Å². The number of likely N-dealkylation sites (N-methyl/N-ethyl adjacent to an activating group) is 1. The third-order valence-electron chi connectivity index (χ3n) is 5.82. The van der Waals surface area contributed by atoms with Crippen LogP contribution < -0.4 is 0 Å². The molecule has 1 fully saturated rings. The van der Waals surface area contributed by atoms with Crippen LogP contribution in [0.4, 0.5) is 31.1 Å². The summed E-state index contributed by atoms with van der Waals surface area (Å²) in [6.45, 7) is 0.501. The first-order valence-electron chi connectivity index (χ1n) is 11.0. The van der Waals surface area contributed by atoms with Crippen molar-refractivity contribution in [1.29, 1.82) is 0 Å². The number of halogens is 6. The second kappa shape index (κ2) is 9.90. The van der Waals surface area contributed by atoms with Crippen LogP contribution in [0.15, 0.2) is 53.6 Å². The largest absolute Gasteiger partial charge is 0.416 e. The van der Waals surface area contributed by atoms with Gasteiger partial charge in [0.2, 0.25) is 0 Å². The molecule has 0 unspecified atom stereocenters. The number of carbonyl (C=O) groups excluding carboxylic acids is 2. The lowest BCUT2D eigenvalue weighted by atomic mass is 10.0. The van der Waals surface area contributed by atoms with Gasteiger partial charge in [0, 0.05) is 36.7 Å². The first-order valence-corrected chi connectivity index (χ1v) is 11.8. The van der Waals surface area contributed by atoms with Gasteiger partial charge in [-0.05, 0) is 73.4 Å². The molecule has 0 spiro atoms.